The smallest absolute Gasteiger partial charge is 0.360 e. The highest BCUT2D eigenvalue weighted by Crippen LogP contribution is 2.26. The lowest BCUT2D eigenvalue weighted by molar-refractivity contribution is -0.237. The van der Waals surface area contributed by atoms with Crippen molar-refractivity contribution in [2.24, 2.45) is 0 Å². The van der Waals surface area contributed by atoms with Crippen LogP contribution in [-0.2, 0) is 9.63 Å². The number of rotatable bonds is 2. The second-order valence-electron chi connectivity index (χ2n) is 4.37. The maximum Gasteiger partial charge on any atom is 0.492 e. The minimum absolute atomic E-state index is 0.00945. The van der Waals surface area contributed by atoms with Crippen LogP contribution in [0, 0.1) is 11.6 Å². The number of hydrogen-bond acceptors (Lipinski definition) is 3. The maximum atomic E-state index is 13.6. The molecule has 1 aromatic carbocycles. The quantitative estimate of drug-likeness (QED) is 0.787. The van der Waals surface area contributed by atoms with Crippen molar-refractivity contribution in [2.75, 3.05) is 13.1 Å². The number of hydroxylamine groups is 2. The van der Waals surface area contributed by atoms with Crippen LogP contribution in [0.4, 0.5) is 22.0 Å². The molecule has 21 heavy (non-hydrogen) atoms. The van der Waals surface area contributed by atoms with Crippen LogP contribution in [0.3, 0.4) is 0 Å². The third-order valence-electron chi connectivity index (χ3n) is 2.89. The summed E-state index contributed by atoms with van der Waals surface area (Å²) in [5, 5.41) is 0.834. The monoisotopic (exact) mass is 307 g/mol. The van der Waals surface area contributed by atoms with Gasteiger partial charge in [-0.1, -0.05) is 6.08 Å². The minimum Gasteiger partial charge on any atom is -0.360 e. The molecule has 1 aliphatic rings. The molecule has 0 radical (unpaired) electrons. The van der Waals surface area contributed by atoms with Gasteiger partial charge in [-0.25, -0.2) is 13.6 Å². The Hall–Kier alpha value is -1.96. The third-order valence-corrected chi connectivity index (χ3v) is 2.89. The van der Waals surface area contributed by atoms with E-state index in [1.165, 1.54) is 12.1 Å². The van der Waals surface area contributed by atoms with E-state index in [1.807, 2.05) is 0 Å². The van der Waals surface area contributed by atoms with Crippen molar-refractivity contribution in [3.05, 3.63) is 41.5 Å². The largest absolute Gasteiger partial charge is 0.492 e. The Balaban J connectivity index is 2.04. The average molecular weight is 307 g/mol. The molecule has 0 saturated heterocycles. The van der Waals surface area contributed by atoms with E-state index < -0.39 is 23.8 Å². The van der Waals surface area contributed by atoms with Crippen molar-refractivity contribution >= 4 is 11.5 Å². The van der Waals surface area contributed by atoms with E-state index in [4.69, 9.17) is 0 Å². The molecule has 0 fully saturated rings. The summed E-state index contributed by atoms with van der Waals surface area (Å²) in [7, 11) is 0. The van der Waals surface area contributed by atoms with Crippen molar-refractivity contribution in [1.82, 2.24) is 5.06 Å². The molecule has 2 rings (SSSR count). The van der Waals surface area contributed by atoms with E-state index >= 15 is 0 Å². The van der Waals surface area contributed by atoms with Gasteiger partial charge < -0.3 is 4.84 Å². The van der Waals surface area contributed by atoms with Crippen LogP contribution < -0.4 is 0 Å². The summed E-state index contributed by atoms with van der Waals surface area (Å²) >= 11 is 0. The predicted octanol–water partition coefficient (Wildman–Crippen LogP) is 3.07. The standard InChI is InChI=1S/C13H10F5NO2/c14-9-1-2-10(11(15)7-9)8-3-5-19(6-4-8)21-12(20)13(16,17)18/h1-3,7H,4-6H2. The van der Waals surface area contributed by atoms with Gasteiger partial charge in [0.2, 0.25) is 0 Å². The first-order valence-electron chi connectivity index (χ1n) is 5.96. The van der Waals surface area contributed by atoms with E-state index in [2.05, 4.69) is 4.84 Å². The molecule has 0 atom stereocenters. The fourth-order valence-electron chi connectivity index (χ4n) is 1.90. The molecule has 0 unspecified atom stereocenters. The number of benzene rings is 1. The SMILES string of the molecule is O=C(ON1CC=C(c2ccc(F)cc2F)CC1)C(F)(F)F. The normalized spacial score (nSPS) is 16.5. The molecule has 0 aliphatic carbocycles. The Morgan fingerprint density at radius 3 is 2.48 bits per heavy atom. The first kappa shape index (κ1) is 15.4. The Bertz CT molecular complexity index is 582. The van der Waals surface area contributed by atoms with Crippen LogP contribution in [0.25, 0.3) is 5.57 Å². The summed E-state index contributed by atoms with van der Waals surface area (Å²) in [5.41, 5.74) is 0.699. The fraction of sp³-hybridized carbons (Fsp3) is 0.308. The van der Waals surface area contributed by atoms with Crippen LogP contribution in [0.15, 0.2) is 24.3 Å². The van der Waals surface area contributed by atoms with Crippen molar-refractivity contribution in [3.8, 4) is 0 Å². The van der Waals surface area contributed by atoms with Gasteiger partial charge in [0.15, 0.2) is 0 Å². The van der Waals surface area contributed by atoms with Crippen LogP contribution >= 0.6 is 0 Å². The molecule has 1 aliphatic heterocycles. The Labute approximate surface area is 116 Å². The third kappa shape index (κ3) is 3.78. The lowest BCUT2D eigenvalue weighted by atomic mass is 9.99. The number of alkyl halides is 3. The number of halogens is 5. The van der Waals surface area contributed by atoms with Crippen LogP contribution in [0.5, 0.6) is 0 Å². The average Bonchev–Trinajstić information content (AvgIpc) is 2.39. The lowest BCUT2D eigenvalue weighted by Crippen LogP contribution is -2.37. The Morgan fingerprint density at radius 2 is 1.95 bits per heavy atom. The summed E-state index contributed by atoms with van der Waals surface area (Å²) in [6.45, 7) is -0.113. The van der Waals surface area contributed by atoms with Gasteiger partial charge in [0.1, 0.15) is 11.6 Å². The summed E-state index contributed by atoms with van der Waals surface area (Å²) in [6.07, 6.45) is -3.45. The van der Waals surface area contributed by atoms with E-state index in [0.717, 1.165) is 17.2 Å². The highest BCUT2D eigenvalue weighted by Gasteiger charge is 2.42. The Morgan fingerprint density at radius 1 is 1.24 bits per heavy atom. The molecule has 0 bridgehead atoms. The molecule has 8 heteroatoms. The molecule has 1 aromatic rings. The van der Waals surface area contributed by atoms with E-state index in [9.17, 15) is 26.7 Å². The summed E-state index contributed by atoms with van der Waals surface area (Å²) < 4.78 is 62.5. The number of nitrogens with zero attached hydrogens (tertiary/aromatic N) is 1. The zero-order valence-corrected chi connectivity index (χ0v) is 10.6. The first-order valence-corrected chi connectivity index (χ1v) is 5.96. The molecule has 114 valence electrons. The molecular weight excluding hydrogens is 297 g/mol. The van der Waals surface area contributed by atoms with Gasteiger partial charge in [0.05, 0.1) is 6.54 Å². The van der Waals surface area contributed by atoms with Crippen molar-refractivity contribution in [3.63, 3.8) is 0 Å². The van der Waals surface area contributed by atoms with E-state index in [1.54, 1.807) is 0 Å². The molecule has 0 aromatic heterocycles. The Kier molecular flexibility index (Phi) is 4.26. The molecular formula is C13H10F5NO2. The second kappa shape index (κ2) is 5.80. The van der Waals surface area contributed by atoms with Gasteiger partial charge >= 0.3 is 12.1 Å². The topological polar surface area (TPSA) is 29.5 Å². The van der Waals surface area contributed by atoms with Crippen molar-refractivity contribution in [2.45, 2.75) is 12.6 Å². The summed E-state index contributed by atoms with van der Waals surface area (Å²) in [6, 6.07) is 3.08. The lowest BCUT2D eigenvalue weighted by Gasteiger charge is -2.25. The van der Waals surface area contributed by atoms with Crippen molar-refractivity contribution in [1.29, 1.82) is 0 Å². The maximum absolute atomic E-state index is 13.6. The fourth-order valence-corrected chi connectivity index (χ4v) is 1.90. The summed E-state index contributed by atoms with van der Waals surface area (Å²) in [4.78, 5) is 14.8. The first-order chi connectivity index (χ1) is 9.77. The number of carbonyl (C=O) groups excluding carboxylic acids is 1. The van der Waals surface area contributed by atoms with Crippen LogP contribution in [0.1, 0.15) is 12.0 Å². The van der Waals surface area contributed by atoms with Gasteiger partial charge in [-0.15, -0.1) is 5.06 Å². The zero-order chi connectivity index (χ0) is 15.6. The van der Waals surface area contributed by atoms with E-state index in [0.29, 0.717) is 5.57 Å². The van der Waals surface area contributed by atoms with Crippen molar-refractivity contribution < 1.29 is 31.6 Å². The molecule has 3 nitrogen and oxygen atoms in total. The molecule has 0 amide bonds. The van der Waals surface area contributed by atoms with E-state index in [-0.39, 0.29) is 25.1 Å². The molecule has 0 saturated carbocycles. The molecule has 0 N–H and O–H groups in total. The minimum atomic E-state index is -5.06. The highest BCUT2D eigenvalue weighted by atomic mass is 19.4. The van der Waals surface area contributed by atoms with Gasteiger partial charge in [0, 0.05) is 18.2 Å². The van der Waals surface area contributed by atoms with Gasteiger partial charge in [-0.05, 0) is 24.1 Å². The number of hydrogen-bond donors (Lipinski definition) is 0. The van der Waals surface area contributed by atoms with Gasteiger partial charge in [0.25, 0.3) is 0 Å². The van der Waals surface area contributed by atoms with Gasteiger partial charge in [-0.3, -0.25) is 0 Å². The summed E-state index contributed by atoms with van der Waals surface area (Å²) in [5.74, 6) is -3.76. The molecule has 1 heterocycles. The second-order valence-corrected chi connectivity index (χ2v) is 4.37. The predicted molar refractivity (Wildman–Crippen MR) is 62.7 cm³/mol. The number of carbonyl (C=O) groups is 1. The molecule has 0 spiro atoms. The zero-order valence-electron chi connectivity index (χ0n) is 10.6. The van der Waals surface area contributed by atoms with Crippen LogP contribution in [-0.4, -0.2) is 30.3 Å². The van der Waals surface area contributed by atoms with Crippen LogP contribution in [0.2, 0.25) is 0 Å². The highest BCUT2D eigenvalue weighted by molar-refractivity contribution is 5.75. The van der Waals surface area contributed by atoms with Gasteiger partial charge in [-0.2, -0.15) is 13.2 Å².